The van der Waals surface area contributed by atoms with Crippen LogP contribution in [0.4, 0.5) is 0 Å². The van der Waals surface area contributed by atoms with Crippen LogP contribution in [0.5, 0.6) is 11.5 Å². The highest BCUT2D eigenvalue weighted by atomic mass is 16.5. The second-order valence-electron chi connectivity index (χ2n) is 5.36. The lowest BCUT2D eigenvalue weighted by atomic mass is 10.1. The average Bonchev–Trinajstić information content (AvgIpc) is 2.86. The molecule has 21 heavy (non-hydrogen) atoms. The summed E-state index contributed by atoms with van der Waals surface area (Å²) >= 11 is 0. The van der Waals surface area contributed by atoms with Crippen LogP contribution in [-0.4, -0.2) is 44.7 Å². The molecule has 0 radical (unpaired) electrons. The molecule has 0 aromatic heterocycles. The van der Waals surface area contributed by atoms with Crippen LogP contribution in [0.25, 0.3) is 0 Å². The Morgan fingerprint density at radius 1 is 1.48 bits per heavy atom. The summed E-state index contributed by atoms with van der Waals surface area (Å²) in [7, 11) is 3.53. The number of carbonyl (C=O) groups excluding carboxylic acids is 1. The summed E-state index contributed by atoms with van der Waals surface area (Å²) in [6, 6.07) is 6.22. The van der Waals surface area contributed by atoms with Crippen LogP contribution in [0.15, 0.2) is 18.2 Å². The van der Waals surface area contributed by atoms with E-state index in [1.165, 1.54) is 5.56 Å². The third-order valence-corrected chi connectivity index (χ3v) is 3.52. The molecule has 5 heteroatoms. The van der Waals surface area contributed by atoms with Crippen LogP contribution in [-0.2, 0) is 4.79 Å². The van der Waals surface area contributed by atoms with E-state index in [-0.39, 0.29) is 11.9 Å². The number of benzene rings is 1. The zero-order chi connectivity index (χ0) is 15.2. The third-order valence-electron chi connectivity index (χ3n) is 3.52. The van der Waals surface area contributed by atoms with Crippen LogP contribution in [0, 0.1) is 0 Å². The monoisotopic (exact) mass is 292 g/mol. The molecule has 1 heterocycles. The molecular formula is C16H24N2O3. The Labute approximate surface area is 126 Å². The molecule has 0 fully saturated rings. The minimum atomic E-state index is 0.129. The van der Waals surface area contributed by atoms with E-state index in [2.05, 4.69) is 18.3 Å². The standard InChI is InChI=1S/C16H24N2O3/c1-4-17-14-11-21-15-10-12(7-8-13(14)15)20-9-5-6-16(19)18(2)3/h7-8,10,14,17H,4-6,9,11H2,1-3H3. The zero-order valence-corrected chi connectivity index (χ0v) is 13.0. The molecule has 1 atom stereocenters. The van der Waals surface area contributed by atoms with E-state index in [0.29, 0.717) is 19.6 Å². The molecule has 1 aromatic rings. The Kier molecular flexibility index (Phi) is 5.44. The van der Waals surface area contributed by atoms with Gasteiger partial charge in [0.05, 0.1) is 12.6 Å². The second-order valence-corrected chi connectivity index (χ2v) is 5.36. The van der Waals surface area contributed by atoms with Gasteiger partial charge in [0.1, 0.15) is 18.1 Å². The van der Waals surface area contributed by atoms with Gasteiger partial charge in [-0.15, -0.1) is 0 Å². The number of likely N-dealkylation sites (N-methyl/N-ethyl adjacent to an activating group) is 1. The fourth-order valence-corrected chi connectivity index (χ4v) is 2.33. The van der Waals surface area contributed by atoms with Crippen molar-refractivity contribution >= 4 is 5.91 Å². The van der Waals surface area contributed by atoms with Crippen molar-refractivity contribution in [3.05, 3.63) is 23.8 Å². The highest BCUT2D eigenvalue weighted by molar-refractivity contribution is 5.75. The molecule has 1 amide bonds. The molecule has 1 unspecified atom stereocenters. The zero-order valence-electron chi connectivity index (χ0n) is 13.0. The Balaban J connectivity index is 1.82. The minimum absolute atomic E-state index is 0.129. The first-order chi connectivity index (χ1) is 10.1. The number of amides is 1. The van der Waals surface area contributed by atoms with E-state index in [0.717, 1.165) is 24.5 Å². The Morgan fingerprint density at radius 3 is 3.00 bits per heavy atom. The van der Waals surface area contributed by atoms with E-state index in [9.17, 15) is 4.79 Å². The molecule has 1 aromatic carbocycles. The molecule has 5 nitrogen and oxygen atoms in total. The lowest BCUT2D eigenvalue weighted by Crippen LogP contribution is -2.21. The maximum Gasteiger partial charge on any atom is 0.222 e. The van der Waals surface area contributed by atoms with E-state index >= 15 is 0 Å². The fourth-order valence-electron chi connectivity index (χ4n) is 2.33. The molecule has 1 aliphatic rings. The van der Waals surface area contributed by atoms with Gasteiger partial charge in [0, 0.05) is 32.1 Å². The van der Waals surface area contributed by atoms with Crippen LogP contribution in [0.1, 0.15) is 31.4 Å². The Hall–Kier alpha value is -1.75. The molecule has 1 N–H and O–H groups in total. The lowest BCUT2D eigenvalue weighted by Gasteiger charge is -2.11. The number of rotatable bonds is 7. The van der Waals surface area contributed by atoms with Gasteiger partial charge in [-0.05, 0) is 25.1 Å². The van der Waals surface area contributed by atoms with Crippen LogP contribution in [0.3, 0.4) is 0 Å². The summed E-state index contributed by atoms with van der Waals surface area (Å²) in [6.07, 6.45) is 1.23. The van der Waals surface area contributed by atoms with Gasteiger partial charge in [0.15, 0.2) is 0 Å². The van der Waals surface area contributed by atoms with Gasteiger partial charge >= 0.3 is 0 Å². The number of hydrogen-bond donors (Lipinski definition) is 1. The van der Waals surface area contributed by atoms with Crippen molar-refractivity contribution in [2.45, 2.75) is 25.8 Å². The predicted molar refractivity (Wildman–Crippen MR) is 81.8 cm³/mol. The smallest absolute Gasteiger partial charge is 0.222 e. The van der Waals surface area contributed by atoms with Gasteiger partial charge in [-0.2, -0.15) is 0 Å². The van der Waals surface area contributed by atoms with Crippen molar-refractivity contribution < 1.29 is 14.3 Å². The molecule has 0 bridgehead atoms. The molecule has 0 saturated heterocycles. The fraction of sp³-hybridized carbons (Fsp3) is 0.562. The molecule has 0 aliphatic carbocycles. The van der Waals surface area contributed by atoms with Crippen LogP contribution in [0.2, 0.25) is 0 Å². The van der Waals surface area contributed by atoms with Crippen LogP contribution < -0.4 is 14.8 Å². The van der Waals surface area contributed by atoms with Crippen molar-refractivity contribution in [2.75, 3.05) is 33.9 Å². The van der Waals surface area contributed by atoms with Crippen molar-refractivity contribution in [1.29, 1.82) is 0 Å². The van der Waals surface area contributed by atoms with Crippen molar-refractivity contribution in [1.82, 2.24) is 10.2 Å². The number of hydrogen-bond acceptors (Lipinski definition) is 4. The molecule has 2 rings (SSSR count). The van der Waals surface area contributed by atoms with E-state index in [1.807, 2.05) is 12.1 Å². The van der Waals surface area contributed by atoms with Crippen LogP contribution >= 0.6 is 0 Å². The number of ether oxygens (including phenoxy) is 2. The van der Waals surface area contributed by atoms with Gasteiger partial charge < -0.3 is 19.7 Å². The highest BCUT2D eigenvalue weighted by Crippen LogP contribution is 2.35. The summed E-state index contributed by atoms with van der Waals surface area (Å²) < 4.78 is 11.4. The van der Waals surface area contributed by atoms with Gasteiger partial charge in [0.2, 0.25) is 5.91 Å². The minimum Gasteiger partial charge on any atom is -0.493 e. The van der Waals surface area contributed by atoms with Gasteiger partial charge in [0.25, 0.3) is 0 Å². The number of fused-ring (bicyclic) bond motifs is 1. The molecule has 116 valence electrons. The van der Waals surface area contributed by atoms with Crippen molar-refractivity contribution in [3.8, 4) is 11.5 Å². The average molecular weight is 292 g/mol. The SMILES string of the molecule is CCNC1COc2cc(OCCCC(=O)N(C)C)ccc21. The first-order valence-corrected chi connectivity index (χ1v) is 7.45. The molecule has 0 spiro atoms. The number of nitrogens with one attached hydrogen (secondary N) is 1. The molecule has 0 saturated carbocycles. The summed E-state index contributed by atoms with van der Waals surface area (Å²) in [5.41, 5.74) is 1.19. The van der Waals surface area contributed by atoms with E-state index in [4.69, 9.17) is 9.47 Å². The first kappa shape index (κ1) is 15.6. The Morgan fingerprint density at radius 2 is 2.29 bits per heavy atom. The predicted octanol–water partition coefficient (Wildman–Crippen LogP) is 1.98. The summed E-state index contributed by atoms with van der Waals surface area (Å²) in [5.74, 6) is 1.82. The third kappa shape index (κ3) is 4.11. The van der Waals surface area contributed by atoms with E-state index in [1.54, 1.807) is 19.0 Å². The number of nitrogens with zero attached hydrogens (tertiary/aromatic N) is 1. The maximum absolute atomic E-state index is 11.4. The topological polar surface area (TPSA) is 50.8 Å². The lowest BCUT2D eigenvalue weighted by molar-refractivity contribution is -0.128. The second kappa shape index (κ2) is 7.31. The summed E-state index contributed by atoms with van der Waals surface area (Å²) in [6.45, 7) is 4.22. The normalized spacial score (nSPS) is 16.2. The van der Waals surface area contributed by atoms with Gasteiger partial charge in [-0.1, -0.05) is 6.92 Å². The van der Waals surface area contributed by atoms with E-state index < -0.39 is 0 Å². The summed E-state index contributed by atoms with van der Waals surface area (Å²) in [4.78, 5) is 13.0. The van der Waals surface area contributed by atoms with Crippen molar-refractivity contribution in [3.63, 3.8) is 0 Å². The summed E-state index contributed by atoms with van der Waals surface area (Å²) in [5, 5.41) is 3.39. The molecular weight excluding hydrogens is 268 g/mol. The first-order valence-electron chi connectivity index (χ1n) is 7.45. The largest absolute Gasteiger partial charge is 0.493 e. The highest BCUT2D eigenvalue weighted by Gasteiger charge is 2.23. The van der Waals surface area contributed by atoms with Crippen molar-refractivity contribution in [2.24, 2.45) is 0 Å². The molecule has 1 aliphatic heterocycles. The number of carbonyl (C=O) groups is 1. The van der Waals surface area contributed by atoms with Gasteiger partial charge in [-0.25, -0.2) is 0 Å². The van der Waals surface area contributed by atoms with Gasteiger partial charge in [-0.3, -0.25) is 4.79 Å². The quantitative estimate of drug-likeness (QED) is 0.781. The maximum atomic E-state index is 11.4. The Bertz CT molecular complexity index is 488.